The van der Waals surface area contributed by atoms with Crippen molar-refractivity contribution in [3.05, 3.63) is 38.4 Å². The number of hydrogen-bond acceptors (Lipinski definition) is 8. The Balaban J connectivity index is 2.13. The minimum Gasteiger partial charge on any atom is -0.486 e. The molecule has 0 unspecified atom stereocenters. The third-order valence-corrected chi connectivity index (χ3v) is 3.46. The number of aryl methyl sites for hydroxylation is 2. The van der Waals surface area contributed by atoms with Gasteiger partial charge in [0.25, 0.3) is 5.69 Å². The fourth-order valence-corrected chi connectivity index (χ4v) is 2.20. The summed E-state index contributed by atoms with van der Waals surface area (Å²) in [5, 5.41) is 19.7. The van der Waals surface area contributed by atoms with Crippen molar-refractivity contribution < 1.29 is 9.66 Å². The summed E-state index contributed by atoms with van der Waals surface area (Å²) in [6.45, 7) is 3.66. The van der Waals surface area contributed by atoms with Crippen molar-refractivity contribution in [1.82, 2.24) is 10.2 Å². The van der Waals surface area contributed by atoms with Gasteiger partial charge in [0, 0.05) is 11.6 Å². The van der Waals surface area contributed by atoms with Crippen molar-refractivity contribution in [2.24, 2.45) is 5.84 Å². The summed E-state index contributed by atoms with van der Waals surface area (Å²) in [6.07, 6.45) is 0. The van der Waals surface area contributed by atoms with Crippen LogP contribution in [0.4, 0.5) is 10.8 Å². The van der Waals surface area contributed by atoms with E-state index in [9.17, 15) is 10.1 Å². The van der Waals surface area contributed by atoms with E-state index >= 15 is 0 Å². The van der Waals surface area contributed by atoms with E-state index in [2.05, 4.69) is 15.6 Å². The van der Waals surface area contributed by atoms with Crippen molar-refractivity contribution in [2.75, 3.05) is 5.43 Å². The molecule has 0 aliphatic carbocycles. The topological polar surface area (TPSA) is 116 Å². The number of nitrogen functional groups attached to an aromatic ring is 1. The maximum Gasteiger partial charge on any atom is 0.272 e. The van der Waals surface area contributed by atoms with E-state index in [4.69, 9.17) is 10.6 Å². The van der Waals surface area contributed by atoms with Crippen LogP contribution in [0.25, 0.3) is 0 Å². The first kappa shape index (κ1) is 14.2. The largest absolute Gasteiger partial charge is 0.486 e. The zero-order valence-electron chi connectivity index (χ0n) is 10.9. The number of nitro groups is 1. The van der Waals surface area contributed by atoms with Crippen molar-refractivity contribution in [3.8, 4) is 5.75 Å². The Morgan fingerprint density at radius 1 is 1.40 bits per heavy atom. The molecule has 0 saturated heterocycles. The summed E-state index contributed by atoms with van der Waals surface area (Å²) in [6, 6.07) is 3.15. The summed E-state index contributed by atoms with van der Waals surface area (Å²) in [7, 11) is 0. The van der Waals surface area contributed by atoms with Crippen LogP contribution in [0.5, 0.6) is 5.75 Å². The highest BCUT2D eigenvalue weighted by Crippen LogP contribution is 2.28. The van der Waals surface area contributed by atoms with E-state index in [0.717, 1.165) is 0 Å². The standard InChI is InChI=1S/C11H13N5O3S/c1-6-4-9(7(2)3-8(6)16(17)18)19-5-10-14-15-11(13-12)20-10/h3-4H,5,12H2,1-2H3,(H,13,15). The molecule has 1 aromatic carbocycles. The third kappa shape index (κ3) is 3.00. The van der Waals surface area contributed by atoms with Gasteiger partial charge in [-0.3, -0.25) is 15.5 Å². The number of anilines is 1. The molecule has 0 radical (unpaired) electrons. The van der Waals surface area contributed by atoms with Gasteiger partial charge in [-0.05, 0) is 25.5 Å². The summed E-state index contributed by atoms with van der Waals surface area (Å²) >= 11 is 1.28. The van der Waals surface area contributed by atoms with Crippen LogP contribution in [-0.4, -0.2) is 15.1 Å². The molecule has 0 amide bonds. The Bertz CT molecular complexity index is 643. The molecule has 2 aromatic rings. The second kappa shape index (κ2) is 5.80. The molecule has 1 aromatic heterocycles. The minimum absolute atomic E-state index is 0.0837. The first-order chi connectivity index (χ1) is 9.51. The average molecular weight is 295 g/mol. The lowest BCUT2D eigenvalue weighted by molar-refractivity contribution is -0.385. The van der Waals surface area contributed by atoms with Crippen LogP contribution in [0, 0.1) is 24.0 Å². The van der Waals surface area contributed by atoms with Crippen molar-refractivity contribution in [2.45, 2.75) is 20.5 Å². The van der Waals surface area contributed by atoms with Crippen LogP contribution < -0.4 is 16.0 Å². The molecule has 0 spiro atoms. The molecule has 1 heterocycles. The number of aromatic nitrogens is 2. The van der Waals surface area contributed by atoms with Gasteiger partial charge in [-0.1, -0.05) is 11.3 Å². The van der Waals surface area contributed by atoms with Gasteiger partial charge >= 0.3 is 0 Å². The van der Waals surface area contributed by atoms with Gasteiger partial charge in [0.2, 0.25) is 5.13 Å². The van der Waals surface area contributed by atoms with Crippen LogP contribution in [0.3, 0.4) is 0 Å². The monoisotopic (exact) mass is 295 g/mol. The molecule has 3 N–H and O–H groups in total. The van der Waals surface area contributed by atoms with E-state index in [-0.39, 0.29) is 12.3 Å². The summed E-state index contributed by atoms with van der Waals surface area (Å²) in [5.74, 6) is 5.80. The Kier molecular flexibility index (Phi) is 4.11. The molecule has 2 rings (SSSR count). The van der Waals surface area contributed by atoms with E-state index in [1.165, 1.54) is 17.4 Å². The minimum atomic E-state index is -0.407. The second-order valence-electron chi connectivity index (χ2n) is 4.10. The van der Waals surface area contributed by atoms with E-state index in [0.29, 0.717) is 27.0 Å². The lowest BCUT2D eigenvalue weighted by atomic mass is 10.1. The zero-order valence-corrected chi connectivity index (χ0v) is 11.7. The molecule has 0 atom stereocenters. The number of ether oxygens (including phenoxy) is 1. The molecule has 106 valence electrons. The van der Waals surface area contributed by atoms with Gasteiger partial charge in [0.15, 0.2) is 5.01 Å². The Morgan fingerprint density at radius 3 is 2.75 bits per heavy atom. The van der Waals surface area contributed by atoms with Crippen LogP contribution in [0.2, 0.25) is 0 Å². The highest BCUT2D eigenvalue weighted by atomic mass is 32.1. The number of benzene rings is 1. The molecule has 0 saturated carbocycles. The van der Waals surface area contributed by atoms with E-state index in [1.807, 2.05) is 0 Å². The lowest BCUT2D eigenvalue weighted by Gasteiger charge is -2.08. The Morgan fingerprint density at radius 2 is 2.15 bits per heavy atom. The molecule has 9 heteroatoms. The van der Waals surface area contributed by atoms with Crippen LogP contribution in [0.15, 0.2) is 12.1 Å². The van der Waals surface area contributed by atoms with Gasteiger partial charge in [-0.25, -0.2) is 5.84 Å². The van der Waals surface area contributed by atoms with Crippen LogP contribution in [0.1, 0.15) is 16.1 Å². The molecular weight excluding hydrogens is 282 g/mol. The van der Waals surface area contributed by atoms with Crippen molar-refractivity contribution >= 4 is 22.2 Å². The maximum absolute atomic E-state index is 10.8. The number of nitrogens with one attached hydrogen (secondary N) is 1. The molecular formula is C11H13N5O3S. The number of nitro benzene ring substituents is 1. The van der Waals surface area contributed by atoms with Gasteiger partial charge in [0.1, 0.15) is 12.4 Å². The van der Waals surface area contributed by atoms with E-state index in [1.54, 1.807) is 19.9 Å². The summed E-state index contributed by atoms with van der Waals surface area (Å²) in [5.41, 5.74) is 3.74. The Hall–Kier alpha value is -2.26. The molecule has 8 nitrogen and oxygen atoms in total. The van der Waals surface area contributed by atoms with Crippen LogP contribution in [-0.2, 0) is 6.61 Å². The quantitative estimate of drug-likeness (QED) is 0.491. The fraction of sp³-hybridized carbons (Fsp3) is 0.273. The summed E-state index contributed by atoms with van der Waals surface area (Å²) < 4.78 is 5.61. The molecule has 0 aliphatic heterocycles. The highest BCUT2D eigenvalue weighted by Gasteiger charge is 2.14. The molecule has 20 heavy (non-hydrogen) atoms. The zero-order chi connectivity index (χ0) is 14.7. The number of nitrogens with zero attached hydrogens (tertiary/aromatic N) is 3. The average Bonchev–Trinajstić information content (AvgIpc) is 2.87. The molecule has 0 fully saturated rings. The SMILES string of the molecule is Cc1cc([N+](=O)[O-])c(C)cc1OCc1nnc(NN)s1. The predicted molar refractivity (Wildman–Crippen MR) is 74.6 cm³/mol. The maximum atomic E-state index is 10.8. The van der Waals surface area contributed by atoms with Gasteiger partial charge < -0.3 is 4.74 Å². The number of nitrogens with two attached hydrogens (primary N) is 1. The van der Waals surface area contributed by atoms with Crippen LogP contribution >= 0.6 is 11.3 Å². The van der Waals surface area contributed by atoms with E-state index < -0.39 is 4.92 Å². The third-order valence-electron chi connectivity index (χ3n) is 2.63. The lowest BCUT2D eigenvalue weighted by Crippen LogP contribution is -2.05. The Labute approximate surface area is 118 Å². The number of hydrogen-bond donors (Lipinski definition) is 2. The van der Waals surface area contributed by atoms with Gasteiger partial charge in [-0.2, -0.15) is 0 Å². The predicted octanol–water partition coefficient (Wildman–Crippen LogP) is 1.93. The first-order valence-corrected chi connectivity index (χ1v) is 6.50. The van der Waals surface area contributed by atoms with Crippen molar-refractivity contribution in [1.29, 1.82) is 0 Å². The highest BCUT2D eigenvalue weighted by molar-refractivity contribution is 7.15. The smallest absolute Gasteiger partial charge is 0.272 e. The van der Waals surface area contributed by atoms with Gasteiger partial charge in [-0.15, -0.1) is 10.2 Å². The fourth-order valence-electron chi connectivity index (χ4n) is 1.64. The second-order valence-corrected chi connectivity index (χ2v) is 5.16. The summed E-state index contributed by atoms with van der Waals surface area (Å²) in [4.78, 5) is 10.4. The normalized spacial score (nSPS) is 10.3. The number of hydrazine groups is 1. The number of rotatable bonds is 5. The van der Waals surface area contributed by atoms with Crippen molar-refractivity contribution in [3.63, 3.8) is 0 Å². The van der Waals surface area contributed by atoms with Gasteiger partial charge in [0.05, 0.1) is 4.92 Å². The first-order valence-electron chi connectivity index (χ1n) is 5.68. The molecule has 0 bridgehead atoms. The molecule has 0 aliphatic rings.